The molecule has 0 spiro atoms. The molecule has 1 atom stereocenters. The van der Waals surface area contributed by atoms with E-state index in [9.17, 15) is 4.79 Å². The molecule has 3 aliphatic heterocycles. The van der Waals surface area contributed by atoms with Crippen LogP contribution in [0.1, 0.15) is 24.8 Å². The Kier molecular flexibility index (Phi) is 4.07. The standard InChI is InChI=1S/C22H22N6O2S/c23-20(29)18(11-1-2-11)26-16-10-30-9-13-5-6-28-19(13)14(16)8-25-21(28)12-3-4-15-17(7-12)31-22(24)27-15/h3-4,7-8,10-11,18,26H,1-2,5-6,9H2,(H2,23,29)(H2,24,27). The van der Waals surface area contributed by atoms with Crippen LogP contribution in [0.25, 0.3) is 10.2 Å². The predicted molar refractivity (Wildman–Crippen MR) is 120 cm³/mol. The number of carbonyl (C=O) groups is 1. The average molecular weight is 435 g/mol. The van der Waals surface area contributed by atoms with E-state index in [4.69, 9.17) is 21.2 Å². The largest absolute Gasteiger partial charge is 0.495 e. The molecule has 158 valence electrons. The number of amidine groups is 1. The number of ether oxygens (including phenoxy) is 1. The van der Waals surface area contributed by atoms with Crippen molar-refractivity contribution in [1.82, 2.24) is 15.2 Å². The maximum Gasteiger partial charge on any atom is 0.240 e. The molecule has 4 aliphatic rings. The van der Waals surface area contributed by atoms with E-state index in [0.717, 1.165) is 64.4 Å². The number of fused-ring (bicyclic) bond motifs is 1. The number of anilines is 1. The number of carbonyl (C=O) groups excluding carboxylic acids is 1. The number of amides is 1. The van der Waals surface area contributed by atoms with Crippen molar-refractivity contribution in [3.8, 4) is 0 Å². The van der Waals surface area contributed by atoms with Gasteiger partial charge in [0.05, 0.1) is 21.6 Å². The minimum atomic E-state index is -0.391. The number of primary amides is 1. The van der Waals surface area contributed by atoms with E-state index in [1.165, 1.54) is 16.9 Å². The van der Waals surface area contributed by atoms with Crippen molar-refractivity contribution >= 4 is 38.4 Å². The van der Waals surface area contributed by atoms with Crippen LogP contribution in [0.2, 0.25) is 0 Å². The highest BCUT2D eigenvalue weighted by molar-refractivity contribution is 7.22. The fourth-order valence-corrected chi connectivity index (χ4v) is 5.31. The van der Waals surface area contributed by atoms with Gasteiger partial charge in [-0.3, -0.25) is 4.79 Å². The molecule has 6 rings (SSSR count). The zero-order chi connectivity index (χ0) is 21.1. The number of aliphatic imine (C=N–C) groups is 1. The van der Waals surface area contributed by atoms with Gasteiger partial charge in [-0.25, -0.2) is 9.98 Å². The number of benzene rings is 1. The van der Waals surface area contributed by atoms with Gasteiger partial charge in [0.15, 0.2) is 5.13 Å². The second-order valence-electron chi connectivity index (χ2n) is 8.29. The summed E-state index contributed by atoms with van der Waals surface area (Å²) in [5.41, 5.74) is 17.5. The normalized spacial score (nSPS) is 21.0. The fourth-order valence-electron chi connectivity index (χ4n) is 4.54. The second kappa shape index (κ2) is 6.84. The van der Waals surface area contributed by atoms with E-state index in [2.05, 4.69) is 21.3 Å². The maximum absolute atomic E-state index is 12.0. The quantitative estimate of drug-likeness (QED) is 0.664. The molecule has 1 amide bonds. The summed E-state index contributed by atoms with van der Waals surface area (Å²) in [6, 6.07) is 5.73. The van der Waals surface area contributed by atoms with Crippen molar-refractivity contribution in [2.75, 3.05) is 18.9 Å². The first-order chi connectivity index (χ1) is 15.1. The molecule has 1 unspecified atom stereocenters. The van der Waals surface area contributed by atoms with Gasteiger partial charge < -0.3 is 26.4 Å². The van der Waals surface area contributed by atoms with E-state index in [0.29, 0.717) is 11.7 Å². The van der Waals surface area contributed by atoms with E-state index in [1.54, 1.807) is 6.26 Å². The van der Waals surface area contributed by atoms with Crippen molar-refractivity contribution < 1.29 is 9.53 Å². The van der Waals surface area contributed by atoms with Gasteiger partial charge in [0.25, 0.3) is 0 Å². The molecule has 2 aromatic rings. The summed E-state index contributed by atoms with van der Waals surface area (Å²) in [4.78, 5) is 23.4. The van der Waals surface area contributed by atoms with Crippen LogP contribution in [0.5, 0.6) is 0 Å². The van der Waals surface area contributed by atoms with Crippen LogP contribution in [-0.4, -0.2) is 40.8 Å². The molecule has 1 aromatic heterocycles. The Morgan fingerprint density at radius 2 is 2.23 bits per heavy atom. The summed E-state index contributed by atoms with van der Waals surface area (Å²) in [6.45, 7) is 1.36. The molecular weight excluding hydrogens is 412 g/mol. The lowest BCUT2D eigenvalue weighted by Gasteiger charge is -2.30. The van der Waals surface area contributed by atoms with E-state index >= 15 is 0 Å². The highest BCUT2D eigenvalue weighted by Crippen LogP contribution is 2.40. The zero-order valence-corrected chi connectivity index (χ0v) is 17.6. The average Bonchev–Trinajstić information content (AvgIpc) is 3.42. The van der Waals surface area contributed by atoms with Gasteiger partial charge in [-0.15, -0.1) is 0 Å². The predicted octanol–water partition coefficient (Wildman–Crippen LogP) is 2.21. The van der Waals surface area contributed by atoms with Gasteiger partial charge in [-0.2, -0.15) is 0 Å². The van der Waals surface area contributed by atoms with Crippen molar-refractivity contribution in [2.45, 2.75) is 25.3 Å². The Morgan fingerprint density at radius 3 is 3.03 bits per heavy atom. The first-order valence-corrected chi connectivity index (χ1v) is 11.2. The minimum Gasteiger partial charge on any atom is -0.495 e. The van der Waals surface area contributed by atoms with Crippen LogP contribution in [0.4, 0.5) is 5.13 Å². The number of hydrogen-bond donors (Lipinski definition) is 3. The summed E-state index contributed by atoms with van der Waals surface area (Å²) in [5, 5.41) is 3.91. The van der Waals surface area contributed by atoms with Crippen LogP contribution >= 0.6 is 11.3 Å². The number of aromatic nitrogens is 1. The summed E-state index contributed by atoms with van der Waals surface area (Å²) in [5.74, 6) is 0.858. The Hall–Kier alpha value is -3.33. The second-order valence-corrected chi connectivity index (χ2v) is 9.35. The Morgan fingerprint density at radius 1 is 1.35 bits per heavy atom. The molecule has 8 nitrogen and oxygen atoms in total. The minimum absolute atomic E-state index is 0.289. The van der Waals surface area contributed by atoms with Crippen LogP contribution < -0.4 is 16.8 Å². The summed E-state index contributed by atoms with van der Waals surface area (Å²) in [6.07, 6.45) is 6.51. The molecular formula is C22H22N6O2S. The molecule has 1 aromatic carbocycles. The van der Waals surface area contributed by atoms with E-state index in [1.807, 2.05) is 18.3 Å². The maximum atomic E-state index is 12.0. The number of nitrogen functional groups attached to an aromatic ring is 1. The first kappa shape index (κ1) is 18.4. The van der Waals surface area contributed by atoms with Gasteiger partial charge in [0, 0.05) is 23.9 Å². The molecule has 9 heteroatoms. The van der Waals surface area contributed by atoms with Gasteiger partial charge in [0.2, 0.25) is 5.91 Å². The molecule has 1 saturated carbocycles. The fraction of sp³-hybridized carbons (Fsp3) is 0.318. The van der Waals surface area contributed by atoms with Crippen LogP contribution in [-0.2, 0) is 9.53 Å². The van der Waals surface area contributed by atoms with Gasteiger partial charge in [0.1, 0.15) is 24.7 Å². The number of nitrogens with zero attached hydrogens (tertiary/aromatic N) is 3. The highest BCUT2D eigenvalue weighted by Gasteiger charge is 2.39. The number of nitrogens with two attached hydrogens (primary N) is 2. The Bertz CT molecular complexity index is 1240. The van der Waals surface area contributed by atoms with E-state index in [-0.39, 0.29) is 11.8 Å². The summed E-state index contributed by atoms with van der Waals surface area (Å²) >= 11 is 1.48. The van der Waals surface area contributed by atoms with Crippen LogP contribution in [0, 0.1) is 5.92 Å². The van der Waals surface area contributed by atoms with Crippen molar-refractivity contribution in [1.29, 1.82) is 0 Å². The lowest BCUT2D eigenvalue weighted by Crippen LogP contribution is -2.43. The molecule has 1 fully saturated rings. The van der Waals surface area contributed by atoms with Gasteiger partial charge in [-0.05, 0) is 49.0 Å². The van der Waals surface area contributed by atoms with E-state index < -0.39 is 6.04 Å². The number of thiazole rings is 1. The SMILES string of the molecule is NC(=O)C(NC1=COCC2=C3C1=CN=C(c1ccc4nc(N)sc4c1)N3CC2)C1CC1. The van der Waals surface area contributed by atoms with Crippen molar-refractivity contribution in [3.63, 3.8) is 0 Å². The third-order valence-corrected chi connectivity index (χ3v) is 7.04. The van der Waals surface area contributed by atoms with Gasteiger partial charge >= 0.3 is 0 Å². The monoisotopic (exact) mass is 434 g/mol. The molecule has 0 bridgehead atoms. The topological polar surface area (TPSA) is 119 Å². The highest BCUT2D eigenvalue weighted by atomic mass is 32.1. The smallest absolute Gasteiger partial charge is 0.240 e. The van der Waals surface area contributed by atoms with Crippen LogP contribution in [0.3, 0.4) is 0 Å². The van der Waals surface area contributed by atoms with Crippen molar-refractivity contribution in [2.24, 2.45) is 16.6 Å². The Balaban J connectivity index is 1.40. The third kappa shape index (κ3) is 3.07. The molecule has 5 N–H and O–H groups in total. The molecule has 4 heterocycles. The molecule has 1 aliphatic carbocycles. The summed E-state index contributed by atoms with van der Waals surface area (Å²) in [7, 11) is 0. The van der Waals surface area contributed by atoms with Crippen molar-refractivity contribution in [3.05, 3.63) is 58.8 Å². The number of nitrogens with one attached hydrogen (secondary N) is 1. The molecule has 0 radical (unpaired) electrons. The summed E-state index contributed by atoms with van der Waals surface area (Å²) < 4.78 is 6.88. The first-order valence-electron chi connectivity index (χ1n) is 10.4. The molecule has 0 saturated heterocycles. The third-order valence-electron chi connectivity index (χ3n) is 6.19. The number of hydrogen-bond acceptors (Lipinski definition) is 8. The van der Waals surface area contributed by atoms with Gasteiger partial charge in [-0.1, -0.05) is 11.3 Å². The molecule has 31 heavy (non-hydrogen) atoms. The Labute approximate surface area is 183 Å². The van der Waals surface area contributed by atoms with Crippen LogP contribution in [0.15, 0.2) is 58.2 Å². The zero-order valence-electron chi connectivity index (χ0n) is 16.8. The lowest BCUT2D eigenvalue weighted by atomic mass is 10.0. The number of rotatable bonds is 5. The lowest BCUT2D eigenvalue weighted by molar-refractivity contribution is -0.120.